The van der Waals surface area contributed by atoms with Crippen LogP contribution >= 0.6 is 15.9 Å². The van der Waals surface area contributed by atoms with E-state index in [1.54, 1.807) is 0 Å². The Hall–Kier alpha value is -0.450. The van der Waals surface area contributed by atoms with Gasteiger partial charge in [-0.2, -0.15) is 0 Å². The zero-order valence-corrected chi connectivity index (χ0v) is 12.3. The number of halogens is 2. The Labute approximate surface area is 116 Å². The van der Waals surface area contributed by atoms with Gasteiger partial charge in [0.2, 0.25) is 0 Å². The molecule has 1 heterocycles. The second-order valence-corrected chi connectivity index (χ2v) is 5.94. The van der Waals surface area contributed by atoms with Crippen molar-refractivity contribution in [1.29, 1.82) is 0 Å². The van der Waals surface area contributed by atoms with Crippen molar-refractivity contribution < 1.29 is 4.39 Å². The minimum atomic E-state index is -0.204. The van der Waals surface area contributed by atoms with Crippen molar-refractivity contribution >= 4 is 15.9 Å². The van der Waals surface area contributed by atoms with Crippen molar-refractivity contribution in [2.75, 3.05) is 19.6 Å². The summed E-state index contributed by atoms with van der Waals surface area (Å²) in [7, 11) is 0. The van der Waals surface area contributed by atoms with Crippen molar-refractivity contribution in [2.24, 2.45) is 11.7 Å². The number of likely N-dealkylation sites (tertiary alicyclic amines) is 1. The lowest BCUT2D eigenvalue weighted by molar-refractivity contribution is 0.134. The summed E-state index contributed by atoms with van der Waals surface area (Å²) in [5, 5.41) is 0. The molecule has 0 aromatic heterocycles. The van der Waals surface area contributed by atoms with Crippen LogP contribution in [0.5, 0.6) is 0 Å². The van der Waals surface area contributed by atoms with Crippen LogP contribution in [0.15, 0.2) is 22.7 Å². The summed E-state index contributed by atoms with van der Waals surface area (Å²) in [4.78, 5) is 2.45. The third-order valence-electron chi connectivity index (χ3n) is 3.86. The Balaban J connectivity index is 2.10. The van der Waals surface area contributed by atoms with Crippen molar-refractivity contribution in [3.05, 3.63) is 34.1 Å². The van der Waals surface area contributed by atoms with Crippen LogP contribution in [0.4, 0.5) is 4.39 Å². The molecule has 18 heavy (non-hydrogen) atoms. The van der Waals surface area contributed by atoms with Gasteiger partial charge in [-0.25, -0.2) is 4.39 Å². The number of piperidine rings is 1. The first-order valence-electron chi connectivity index (χ1n) is 6.51. The molecular formula is C14H20BrFN2. The number of benzene rings is 1. The van der Waals surface area contributed by atoms with Crippen LogP contribution in [0, 0.1) is 11.7 Å². The van der Waals surface area contributed by atoms with Gasteiger partial charge >= 0.3 is 0 Å². The molecule has 0 amide bonds. The number of hydrogen-bond donors (Lipinski definition) is 1. The predicted octanol–water partition coefficient (Wildman–Crippen LogP) is 3.32. The first kappa shape index (κ1) is 14.0. The highest BCUT2D eigenvalue weighted by Crippen LogP contribution is 2.28. The molecule has 2 nitrogen and oxygen atoms in total. The SMILES string of the molecule is CC(c1ccc(F)c(Br)c1)N1CCCC(CN)C1. The quantitative estimate of drug-likeness (QED) is 0.927. The van der Waals surface area contributed by atoms with E-state index in [2.05, 4.69) is 27.8 Å². The van der Waals surface area contributed by atoms with E-state index < -0.39 is 0 Å². The highest BCUT2D eigenvalue weighted by Gasteiger charge is 2.23. The molecule has 1 aromatic rings. The van der Waals surface area contributed by atoms with Gasteiger partial charge in [0.25, 0.3) is 0 Å². The molecule has 1 aromatic carbocycles. The van der Waals surface area contributed by atoms with E-state index in [0.717, 1.165) is 25.2 Å². The summed E-state index contributed by atoms with van der Waals surface area (Å²) in [5.74, 6) is 0.398. The Morgan fingerprint density at radius 2 is 2.33 bits per heavy atom. The molecule has 0 saturated carbocycles. The molecule has 0 radical (unpaired) electrons. The third-order valence-corrected chi connectivity index (χ3v) is 4.47. The maximum atomic E-state index is 13.2. The summed E-state index contributed by atoms with van der Waals surface area (Å²) in [5.41, 5.74) is 6.92. The van der Waals surface area contributed by atoms with Crippen molar-refractivity contribution in [3.8, 4) is 0 Å². The van der Waals surface area contributed by atoms with Gasteiger partial charge in [0, 0.05) is 12.6 Å². The number of nitrogens with two attached hydrogens (primary N) is 1. The van der Waals surface area contributed by atoms with Gasteiger partial charge in [0.1, 0.15) is 5.82 Å². The van der Waals surface area contributed by atoms with Crippen molar-refractivity contribution in [3.63, 3.8) is 0 Å². The van der Waals surface area contributed by atoms with E-state index >= 15 is 0 Å². The lowest BCUT2D eigenvalue weighted by Crippen LogP contribution is -2.39. The van der Waals surface area contributed by atoms with E-state index in [4.69, 9.17) is 5.73 Å². The van der Waals surface area contributed by atoms with E-state index in [1.165, 1.54) is 18.9 Å². The molecule has 2 unspecified atom stereocenters. The van der Waals surface area contributed by atoms with Crippen LogP contribution < -0.4 is 5.73 Å². The standard InChI is InChI=1S/C14H20BrFN2/c1-10(12-4-5-14(16)13(15)7-12)18-6-2-3-11(8-17)9-18/h4-5,7,10-11H,2-3,6,8-9,17H2,1H3. The molecule has 1 saturated heterocycles. The highest BCUT2D eigenvalue weighted by molar-refractivity contribution is 9.10. The lowest BCUT2D eigenvalue weighted by Gasteiger charge is -2.36. The van der Waals surface area contributed by atoms with Crippen LogP contribution in [-0.2, 0) is 0 Å². The number of nitrogens with zero attached hydrogens (tertiary/aromatic N) is 1. The van der Waals surface area contributed by atoms with E-state index in [-0.39, 0.29) is 5.82 Å². The average Bonchev–Trinajstić information content (AvgIpc) is 2.41. The van der Waals surface area contributed by atoms with Gasteiger partial charge in [-0.05, 0) is 72.4 Å². The zero-order valence-electron chi connectivity index (χ0n) is 10.7. The van der Waals surface area contributed by atoms with Crippen molar-refractivity contribution in [2.45, 2.75) is 25.8 Å². The molecule has 2 N–H and O–H groups in total. The molecule has 100 valence electrons. The number of hydrogen-bond acceptors (Lipinski definition) is 2. The van der Waals surface area contributed by atoms with Crippen LogP contribution in [-0.4, -0.2) is 24.5 Å². The molecule has 0 aliphatic carbocycles. The summed E-state index contributed by atoms with van der Waals surface area (Å²) in [6.45, 7) is 5.09. The second-order valence-electron chi connectivity index (χ2n) is 5.09. The topological polar surface area (TPSA) is 29.3 Å². The van der Waals surface area contributed by atoms with E-state index in [9.17, 15) is 4.39 Å². The molecule has 1 aliphatic rings. The molecular weight excluding hydrogens is 295 g/mol. The maximum Gasteiger partial charge on any atom is 0.137 e. The molecule has 2 atom stereocenters. The van der Waals surface area contributed by atoms with Gasteiger partial charge in [-0.15, -0.1) is 0 Å². The Morgan fingerprint density at radius 3 is 3.00 bits per heavy atom. The minimum Gasteiger partial charge on any atom is -0.330 e. The predicted molar refractivity (Wildman–Crippen MR) is 75.9 cm³/mol. The maximum absolute atomic E-state index is 13.2. The third kappa shape index (κ3) is 3.11. The summed E-state index contributed by atoms with van der Waals surface area (Å²) in [6.07, 6.45) is 2.43. The smallest absolute Gasteiger partial charge is 0.137 e. The van der Waals surface area contributed by atoms with Gasteiger partial charge in [0.15, 0.2) is 0 Å². The number of rotatable bonds is 3. The van der Waals surface area contributed by atoms with Crippen LogP contribution in [0.2, 0.25) is 0 Å². The van der Waals surface area contributed by atoms with E-state index in [0.29, 0.717) is 16.4 Å². The first-order chi connectivity index (χ1) is 8.61. The molecule has 0 bridgehead atoms. The Kier molecular flexibility index (Phi) is 4.76. The van der Waals surface area contributed by atoms with E-state index in [1.807, 2.05) is 12.1 Å². The molecule has 2 rings (SSSR count). The Bertz CT molecular complexity index is 411. The molecule has 1 fully saturated rings. The summed E-state index contributed by atoms with van der Waals surface area (Å²) in [6, 6.07) is 5.60. The largest absolute Gasteiger partial charge is 0.330 e. The van der Waals surface area contributed by atoms with Gasteiger partial charge in [0.05, 0.1) is 4.47 Å². The van der Waals surface area contributed by atoms with Crippen LogP contribution in [0.3, 0.4) is 0 Å². The van der Waals surface area contributed by atoms with Crippen LogP contribution in [0.25, 0.3) is 0 Å². The zero-order chi connectivity index (χ0) is 13.1. The fourth-order valence-electron chi connectivity index (χ4n) is 2.62. The van der Waals surface area contributed by atoms with Gasteiger partial charge < -0.3 is 5.73 Å². The lowest BCUT2D eigenvalue weighted by atomic mass is 9.95. The average molecular weight is 315 g/mol. The fourth-order valence-corrected chi connectivity index (χ4v) is 3.02. The molecule has 1 aliphatic heterocycles. The summed E-state index contributed by atoms with van der Waals surface area (Å²) < 4.78 is 13.8. The van der Waals surface area contributed by atoms with Crippen LogP contribution in [0.1, 0.15) is 31.4 Å². The first-order valence-corrected chi connectivity index (χ1v) is 7.30. The van der Waals surface area contributed by atoms with Crippen molar-refractivity contribution in [1.82, 2.24) is 4.90 Å². The molecule has 0 spiro atoms. The second kappa shape index (κ2) is 6.13. The fraction of sp³-hybridized carbons (Fsp3) is 0.571. The van der Waals surface area contributed by atoms with Gasteiger partial charge in [-0.1, -0.05) is 6.07 Å². The minimum absolute atomic E-state index is 0.204. The van der Waals surface area contributed by atoms with Gasteiger partial charge in [-0.3, -0.25) is 4.90 Å². The monoisotopic (exact) mass is 314 g/mol. The molecule has 4 heteroatoms. The summed E-state index contributed by atoms with van der Waals surface area (Å²) >= 11 is 3.25. The Morgan fingerprint density at radius 1 is 1.56 bits per heavy atom. The normalized spacial score (nSPS) is 23.0. The highest BCUT2D eigenvalue weighted by atomic mass is 79.9.